The second-order valence-electron chi connectivity index (χ2n) is 9.21. The summed E-state index contributed by atoms with van der Waals surface area (Å²) in [6.45, 7) is 6.56. The molecule has 3 aromatic rings. The van der Waals surface area contributed by atoms with E-state index in [1.54, 1.807) is 25.1 Å². The minimum atomic E-state index is -4.25. The van der Waals surface area contributed by atoms with Gasteiger partial charge in [-0.2, -0.15) is 0 Å². The highest BCUT2D eigenvalue weighted by Crippen LogP contribution is 2.28. The number of nitrogens with zero attached hydrogens (tertiary/aromatic N) is 2. The fourth-order valence-corrected chi connectivity index (χ4v) is 5.45. The number of sulfonamides is 1. The summed E-state index contributed by atoms with van der Waals surface area (Å²) < 4.78 is 42.2. The molecule has 10 heteroatoms. The Morgan fingerprint density at radius 2 is 1.61 bits per heavy atom. The number of rotatable bonds is 10. The normalized spacial score (nSPS) is 12.2. The maximum absolute atomic E-state index is 13.9. The first kappa shape index (κ1) is 29.1. The third kappa shape index (κ3) is 6.90. The molecule has 1 unspecified atom stereocenters. The van der Waals surface area contributed by atoms with Crippen molar-refractivity contribution in [1.29, 1.82) is 0 Å². The van der Waals surface area contributed by atoms with Crippen LogP contribution < -0.4 is 9.62 Å². The van der Waals surface area contributed by atoms with Crippen LogP contribution in [0.2, 0.25) is 5.02 Å². The number of nitrogens with one attached hydrogen (secondary N) is 1. The fourth-order valence-electron chi connectivity index (χ4n) is 3.85. The van der Waals surface area contributed by atoms with E-state index in [4.69, 9.17) is 11.6 Å². The number of aryl methyl sites for hydroxylation is 1. The Morgan fingerprint density at radius 3 is 2.21 bits per heavy atom. The van der Waals surface area contributed by atoms with Crippen molar-refractivity contribution < 1.29 is 22.4 Å². The van der Waals surface area contributed by atoms with Crippen molar-refractivity contribution in [2.45, 2.75) is 51.2 Å². The van der Waals surface area contributed by atoms with Gasteiger partial charge in [0.15, 0.2) is 0 Å². The molecule has 0 radical (unpaired) electrons. The van der Waals surface area contributed by atoms with Crippen molar-refractivity contribution in [1.82, 2.24) is 10.2 Å². The van der Waals surface area contributed by atoms with E-state index in [-0.39, 0.29) is 34.1 Å². The van der Waals surface area contributed by atoms with Crippen LogP contribution in [0.4, 0.5) is 10.1 Å². The second-order valence-corrected chi connectivity index (χ2v) is 11.5. The number of anilines is 1. The van der Waals surface area contributed by atoms with Crippen molar-refractivity contribution in [3.8, 4) is 0 Å². The molecule has 0 aliphatic heterocycles. The Kier molecular flexibility index (Phi) is 9.51. The van der Waals surface area contributed by atoms with Crippen molar-refractivity contribution in [2.24, 2.45) is 0 Å². The first-order chi connectivity index (χ1) is 17.9. The molecule has 2 amide bonds. The average Bonchev–Trinajstić information content (AvgIpc) is 2.88. The van der Waals surface area contributed by atoms with Gasteiger partial charge >= 0.3 is 0 Å². The summed E-state index contributed by atoms with van der Waals surface area (Å²) in [4.78, 5) is 28.1. The number of carbonyl (C=O) groups is 2. The molecule has 202 valence electrons. The van der Waals surface area contributed by atoms with Crippen LogP contribution in [0.3, 0.4) is 0 Å². The lowest BCUT2D eigenvalue weighted by Gasteiger charge is -2.32. The van der Waals surface area contributed by atoms with E-state index >= 15 is 0 Å². The van der Waals surface area contributed by atoms with Gasteiger partial charge in [0, 0.05) is 12.6 Å². The smallest absolute Gasteiger partial charge is 0.264 e. The molecule has 0 aliphatic carbocycles. The molecule has 0 bridgehead atoms. The van der Waals surface area contributed by atoms with Crippen molar-refractivity contribution >= 4 is 39.1 Å². The molecule has 3 rings (SSSR count). The Hall–Kier alpha value is -3.43. The van der Waals surface area contributed by atoms with Crippen LogP contribution in [0.15, 0.2) is 77.7 Å². The first-order valence-electron chi connectivity index (χ1n) is 12.1. The summed E-state index contributed by atoms with van der Waals surface area (Å²) in [5, 5.41) is 2.52. The molecule has 3 aromatic carbocycles. The van der Waals surface area contributed by atoms with Gasteiger partial charge in [-0.05, 0) is 69.2 Å². The minimum Gasteiger partial charge on any atom is -0.352 e. The molecule has 0 aromatic heterocycles. The molecule has 38 heavy (non-hydrogen) atoms. The standard InChI is InChI=1S/C28H31ClFN3O4S/c1-19(2)31-28(35)21(4)32(17-22-11-9-8-10-20(22)3)27(34)18-33(23-14-15-26(30)25(29)16-23)38(36,37)24-12-6-5-7-13-24/h5-16,19,21H,17-18H2,1-4H3,(H,31,35). The Labute approximate surface area is 228 Å². The second kappa shape index (κ2) is 12.4. The molecule has 0 saturated heterocycles. The summed E-state index contributed by atoms with van der Waals surface area (Å²) in [6.07, 6.45) is 0. The van der Waals surface area contributed by atoms with E-state index in [1.165, 1.54) is 23.1 Å². The van der Waals surface area contributed by atoms with Gasteiger partial charge in [-0.25, -0.2) is 12.8 Å². The number of hydrogen-bond donors (Lipinski definition) is 1. The lowest BCUT2D eigenvalue weighted by Crippen LogP contribution is -2.52. The molecule has 1 N–H and O–H groups in total. The highest BCUT2D eigenvalue weighted by molar-refractivity contribution is 7.92. The van der Waals surface area contributed by atoms with Crippen LogP contribution in [0, 0.1) is 12.7 Å². The maximum atomic E-state index is 13.9. The number of hydrogen-bond acceptors (Lipinski definition) is 4. The van der Waals surface area contributed by atoms with Gasteiger partial charge in [0.25, 0.3) is 10.0 Å². The van der Waals surface area contributed by atoms with E-state index < -0.39 is 34.3 Å². The van der Waals surface area contributed by atoms with E-state index in [9.17, 15) is 22.4 Å². The lowest BCUT2D eigenvalue weighted by atomic mass is 10.1. The Balaban J connectivity index is 2.06. The SMILES string of the molecule is Cc1ccccc1CN(C(=O)CN(c1ccc(F)c(Cl)c1)S(=O)(=O)c1ccccc1)C(C)C(=O)NC(C)C. The van der Waals surface area contributed by atoms with Crippen molar-refractivity contribution in [3.05, 3.63) is 94.8 Å². The zero-order chi connectivity index (χ0) is 28.0. The van der Waals surface area contributed by atoms with E-state index in [0.717, 1.165) is 27.6 Å². The number of carbonyl (C=O) groups excluding carboxylic acids is 2. The maximum Gasteiger partial charge on any atom is 0.264 e. The molecule has 0 heterocycles. The van der Waals surface area contributed by atoms with Gasteiger partial charge in [0.1, 0.15) is 18.4 Å². The van der Waals surface area contributed by atoms with Crippen LogP contribution >= 0.6 is 11.6 Å². The summed E-state index contributed by atoms with van der Waals surface area (Å²) in [7, 11) is -4.25. The third-order valence-corrected chi connectivity index (χ3v) is 8.08. The van der Waals surface area contributed by atoms with Gasteiger partial charge < -0.3 is 10.2 Å². The van der Waals surface area contributed by atoms with E-state index in [0.29, 0.717) is 0 Å². The third-order valence-electron chi connectivity index (χ3n) is 6.00. The van der Waals surface area contributed by atoms with Gasteiger partial charge in [0.2, 0.25) is 11.8 Å². The Morgan fingerprint density at radius 1 is 0.974 bits per heavy atom. The predicted octanol–water partition coefficient (Wildman–Crippen LogP) is 4.92. The predicted molar refractivity (Wildman–Crippen MR) is 147 cm³/mol. The molecule has 0 fully saturated rings. The van der Waals surface area contributed by atoms with Gasteiger partial charge in [-0.3, -0.25) is 13.9 Å². The molecule has 0 spiro atoms. The van der Waals surface area contributed by atoms with Crippen LogP contribution in [0.1, 0.15) is 31.9 Å². The topological polar surface area (TPSA) is 86.8 Å². The quantitative estimate of drug-likeness (QED) is 0.382. The fraction of sp³-hybridized carbons (Fsp3) is 0.286. The molecule has 0 aliphatic rings. The Bertz CT molecular complexity index is 1400. The molecular formula is C28H31ClFN3O4S. The van der Waals surface area contributed by atoms with Crippen molar-refractivity contribution in [2.75, 3.05) is 10.8 Å². The summed E-state index contributed by atoms with van der Waals surface area (Å²) in [5.74, 6) is -1.71. The zero-order valence-corrected chi connectivity index (χ0v) is 23.3. The monoisotopic (exact) mass is 559 g/mol. The zero-order valence-electron chi connectivity index (χ0n) is 21.7. The first-order valence-corrected chi connectivity index (χ1v) is 13.9. The molecule has 7 nitrogen and oxygen atoms in total. The van der Waals surface area contributed by atoms with Crippen LogP contribution in [-0.4, -0.2) is 43.8 Å². The number of benzene rings is 3. The molecule has 0 saturated carbocycles. The van der Waals surface area contributed by atoms with Gasteiger partial charge in [0.05, 0.1) is 15.6 Å². The van der Waals surface area contributed by atoms with E-state index in [2.05, 4.69) is 5.32 Å². The summed E-state index contributed by atoms with van der Waals surface area (Å²) in [6, 6.07) is 17.4. The van der Waals surface area contributed by atoms with Crippen molar-refractivity contribution in [3.63, 3.8) is 0 Å². The van der Waals surface area contributed by atoms with E-state index in [1.807, 2.05) is 45.0 Å². The largest absolute Gasteiger partial charge is 0.352 e. The van der Waals surface area contributed by atoms with Crippen LogP contribution in [-0.2, 0) is 26.2 Å². The van der Waals surface area contributed by atoms with Gasteiger partial charge in [-0.15, -0.1) is 0 Å². The molecular weight excluding hydrogens is 529 g/mol. The van der Waals surface area contributed by atoms with Gasteiger partial charge in [-0.1, -0.05) is 54.1 Å². The summed E-state index contributed by atoms with van der Waals surface area (Å²) in [5.41, 5.74) is 1.75. The summed E-state index contributed by atoms with van der Waals surface area (Å²) >= 11 is 5.97. The van der Waals surface area contributed by atoms with Crippen LogP contribution in [0.25, 0.3) is 0 Å². The number of amides is 2. The lowest BCUT2D eigenvalue weighted by molar-refractivity contribution is -0.139. The highest BCUT2D eigenvalue weighted by atomic mass is 35.5. The minimum absolute atomic E-state index is 0.0173. The van der Waals surface area contributed by atoms with Crippen LogP contribution in [0.5, 0.6) is 0 Å². The highest BCUT2D eigenvalue weighted by Gasteiger charge is 2.33. The molecule has 1 atom stereocenters. The number of halogens is 2. The average molecular weight is 560 g/mol.